The Kier molecular flexibility index (Phi) is 3.51. The molecule has 3 rings (SSSR count). The smallest absolute Gasteiger partial charge is 0.314 e. The molecule has 2 aromatic rings. The molecule has 100 valence electrons. The van der Waals surface area contributed by atoms with E-state index >= 15 is 0 Å². The number of aromatic amines is 2. The molecule has 2 heterocycles. The molecule has 1 unspecified atom stereocenters. The third-order valence-electron chi connectivity index (χ3n) is 3.73. The van der Waals surface area contributed by atoms with Gasteiger partial charge in [0.2, 0.25) is 0 Å². The average Bonchev–Trinajstić information content (AvgIpc) is 2.87. The van der Waals surface area contributed by atoms with E-state index in [0.717, 1.165) is 24.2 Å². The number of piperidine rings is 1. The summed E-state index contributed by atoms with van der Waals surface area (Å²) in [5.74, 6) is 0. The normalized spacial score (nSPS) is 19.5. The van der Waals surface area contributed by atoms with Crippen LogP contribution in [0.4, 0.5) is 0 Å². The highest BCUT2D eigenvalue weighted by Crippen LogP contribution is 2.19. The molecule has 1 fully saturated rings. The Bertz CT molecular complexity index is 593. The zero-order valence-corrected chi connectivity index (χ0v) is 10.9. The van der Waals surface area contributed by atoms with Gasteiger partial charge in [-0.25, -0.2) is 4.79 Å². The lowest BCUT2D eigenvalue weighted by molar-refractivity contribution is 0.399. The van der Waals surface area contributed by atoms with Crippen molar-refractivity contribution in [2.24, 2.45) is 0 Å². The van der Waals surface area contributed by atoms with Crippen molar-refractivity contribution in [3.05, 3.63) is 46.5 Å². The standard InChI is InChI=1S/C15H19N3O/c19-15-17-10-14(18-15)12-5-3-4-11(8-12)9-13-6-1-2-7-16-13/h3-5,8,10,13,16H,1-2,6-7,9H2,(H2,17,18,19). The van der Waals surface area contributed by atoms with E-state index < -0.39 is 0 Å². The van der Waals surface area contributed by atoms with E-state index in [9.17, 15) is 4.79 Å². The first-order valence-corrected chi connectivity index (χ1v) is 6.92. The molecule has 19 heavy (non-hydrogen) atoms. The molecule has 1 aromatic carbocycles. The van der Waals surface area contributed by atoms with Crippen molar-refractivity contribution in [2.45, 2.75) is 31.7 Å². The monoisotopic (exact) mass is 257 g/mol. The molecule has 1 saturated heterocycles. The number of benzene rings is 1. The van der Waals surface area contributed by atoms with Crippen LogP contribution in [0.3, 0.4) is 0 Å². The Morgan fingerprint density at radius 3 is 2.95 bits per heavy atom. The molecule has 0 radical (unpaired) electrons. The van der Waals surface area contributed by atoms with Gasteiger partial charge in [0.1, 0.15) is 0 Å². The maximum atomic E-state index is 11.1. The first kappa shape index (κ1) is 12.2. The number of hydrogen-bond donors (Lipinski definition) is 3. The van der Waals surface area contributed by atoms with Crippen LogP contribution in [0.2, 0.25) is 0 Å². The lowest BCUT2D eigenvalue weighted by Crippen LogP contribution is -2.35. The molecule has 1 aromatic heterocycles. The van der Waals surface area contributed by atoms with Crippen LogP contribution in [0.25, 0.3) is 11.3 Å². The number of rotatable bonds is 3. The van der Waals surface area contributed by atoms with Gasteiger partial charge in [0.25, 0.3) is 0 Å². The lowest BCUT2D eigenvalue weighted by atomic mass is 9.96. The van der Waals surface area contributed by atoms with Crippen LogP contribution in [0.1, 0.15) is 24.8 Å². The SMILES string of the molecule is O=c1[nH]cc(-c2cccc(CC3CCCCN3)c2)[nH]1. The predicted molar refractivity (Wildman–Crippen MR) is 76.2 cm³/mol. The topological polar surface area (TPSA) is 60.7 Å². The second kappa shape index (κ2) is 5.45. The fraction of sp³-hybridized carbons (Fsp3) is 0.400. The van der Waals surface area contributed by atoms with Crippen molar-refractivity contribution in [1.82, 2.24) is 15.3 Å². The molecule has 0 saturated carbocycles. The third-order valence-corrected chi connectivity index (χ3v) is 3.73. The third kappa shape index (κ3) is 2.96. The Hall–Kier alpha value is -1.81. The maximum absolute atomic E-state index is 11.1. The van der Waals surface area contributed by atoms with Crippen LogP contribution in [0.15, 0.2) is 35.3 Å². The van der Waals surface area contributed by atoms with Crippen molar-refractivity contribution in [3.8, 4) is 11.3 Å². The summed E-state index contributed by atoms with van der Waals surface area (Å²) in [6.45, 7) is 1.13. The molecular formula is C15H19N3O. The van der Waals surface area contributed by atoms with Crippen LogP contribution < -0.4 is 11.0 Å². The van der Waals surface area contributed by atoms with Gasteiger partial charge in [-0.15, -0.1) is 0 Å². The summed E-state index contributed by atoms with van der Waals surface area (Å²) >= 11 is 0. The van der Waals surface area contributed by atoms with Gasteiger partial charge < -0.3 is 15.3 Å². The van der Waals surface area contributed by atoms with Gasteiger partial charge in [-0.05, 0) is 43.0 Å². The second-order valence-electron chi connectivity index (χ2n) is 5.21. The molecular weight excluding hydrogens is 238 g/mol. The molecule has 0 aliphatic carbocycles. The highest BCUT2D eigenvalue weighted by Gasteiger charge is 2.13. The van der Waals surface area contributed by atoms with E-state index in [1.807, 2.05) is 6.07 Å². The van der Waals surface area contributed by atoms with E-state index in [1.165, 1.54) is 24.8 Å². The molecule has 4 heteroatoms. The molecule has 1 atom stereocenters. The zero-order valence-electron chi connectivity index (χ0n) is 10.9. The first-order valence-electron chi connectivity index (χ1n) is 6.92. The van der Waals surface area contributed by atoms with Gasteiger partial charge in [-0.2, -0.15) is 0 Å². The summed E-state index contributed by atoms with van der Waals surface area (Å²) in [6, 6.07) is 8.99. The summed E-state index contributed by atoms with van der Waals surface area (Å²) in [4.78, 5) is 16.6. The Balaban J connectivity index is 1.77. The molecule has 0 bridgehead atoms. The Labute approximate surface area is 112 Å². The Morgan fingerprint density at radius 1 is 1.26 bits per heavy atom. The summed E-state index contributed by atoms with van der Waals surface area (Å²) in [5.41, 5.74) is 3.07. The van der Waals surface area contributed by atoms with Crippen molar-refractivity contribution in [2.75, 3.05) is 6.54 Å². The first-order chi connectivity index (χ1) is 9.31. The summed E-state index contributed by atoms with van der Waals surface area (Å²) < 4.78 is 0. The van der Waals surface area contributed by atoms with Crippen LogP contribution >= 0.6 is 0 Å². The number of aromatic nitrogens is 2. The van der Waals surface area contributed by atoms with E-state index in [-0.39, 0.29) is 5.69 Å². The highest BCUT2D eigenvalue weighted by atomic mass is 16.1. The summed E-state index contributed by atoms with van der Waals surface area (Å²) in [7, 11) is 0. The highest BCUT2D eigenvalue weighted by molar-refractivity contribution is 5.59. The Morgan fingerprint density at radius 2 is 2.21 bits per heavy atom. The quantitative estimate of drug-likeness (QED) is 0.788. The van der Waals surface area contributed by atoms with E-state index in [2.05, 4.69) is 33.5 Å². The van der Waals surface area contributed by atoms with Crippen LogP contribution in [0.5, 0.6) is 0 Å². The minimum Gasteiger partial charge on any atom is -0.314 e. The zero-order chi connectivity index (χ0) is 13.1. The minimum absolute atomic E-state index is 0.158. The van der Waals surface area contributed by atoms with Gasteiger partial charge in [0.15, 0.2) is 0 Å². The largest absolute Gasteiger partial charge is 0.323 e. The number of nitrogens with one attached hydrogen (secondary N) is 3. The predicted octanol–water partition coefficient (Wildman–Crippen LogP) is 2.05. The van der Waals surface area contributed by atoms with Crippen LogP contribution in [-0.2, 0) is 6.42 Å². The molecule has 0 amide bonds. The van der Waals surface area contributed by atoms with Gasteiger partial charge in [0.05, 0.1) is 5.69 Å². The number of hydrogen-bond acceptors (Lipinski definition) is 2. The molecule has 1 aliphatic rings. The van der Waals surface area contributed by atoms with Gasteiger partial charge >= 0.3 is 5.69 Å². The molecule has 1 aliphatic heterocycles. The maximum Gasteiger partial charge on any atom is 0.323 e. The fourth-order valence-electron chi connectivity index (χ4n) is 2.74. The number of H-pyrrole nitrogens is 2. The summed E-state index contributed by atoms with van der Waals surface area (Å²) in [6.07, 6.45) is 6.65. The van der Waals surface area contributed by atoms with Crippen molar-refractivity contribution >= 4 is 0 Å². The molecule has 3 N–H and O–H groups in total. The molecule has 4 nitrogen and oxygen atoms in total. The minimum atomic E-state index is -0.158. The van der Waals surface area contributed by atoms with Gasteiger partial charge in [-0.1, -0.05) is 24.6 Å². The summed E-state index contributed by atoms with van der Waals surface area (Å²) in [5, 5.41) is 3.57. The van der Waals surface area contributed by atoms with E-state index in [1.54, 1.807) is 6.20 Å². The average molecular weight is 257 g/mol. The van der Waals surface area contributed by atoms with Crippen molar-refractivity contribution in [3.63, 3.8) is 0 Å². The molecule has 0 spiro atoms. The lowest BCUT2D eigenvalue weighted by Gasteiger charge is -2.23. The van der Waals surface area contributed by atoms with Gasteiger partial charge in [0, 0.05) is 12.2 Å². The van der Waals surface area contributed by atoms with E-state index in [4.69, 9.17) is 0 Å². The van der Waals surface area contributed by atoms with Crippen LogP contribution in [-0.4, -0.2) is 22.6 Å². The van der Waals surface area contributed by atoms with E-state index in [0.29, 0.717) is 6.04 Å². The van der Waals surface area contributed by atoms with Crippen molar-refractivity contribution in [1.29, 1.82) is 0 Å². The second-order valence-corrected chi connectivity index (χ2v) is 5.21. The van der Waals surface area contributed by atoms with Crippen LogP contribution in [0, 0.1) is 0 Å². The van der Waals surface area contributed by atoms with Crippen molar-refractivity contribution < 1.29 is 0 Å². The fourth-order valence-corrected chi connectivity index (χ4v) is 2.74. The number of imidazole rings is 1. The van der Waals surface area contributed by atoms with Gasteiger partial charge in [-0.3, -0.25) is 0 Å².